The van der Waals surface area contributed by atoms with Gasteiger partial charge in [0, 0.05) is 5.69 Å². The fraction of sp³-hybridized carbons (Fsp3) is 0.188. The molecule has 0 fully saturated rings. The fourth-order valence-electron chi connectivity index (χ4n) is 1.93. The van der Waals surface area contributed by atoms with Crippen LogP contribution in [0.2, 0.25) is 0 Å². The highest BCUT2D eigenvalue weighted by Gasteiger charge is 2.39. The number of esters is 1. The van der Waals surface area contributed by atoms with Crippen LogP contribution in [-0.4, -0.2) is 17.6 Å². The summed E-state index contributed by atoms with van der Waals surface area (Å²) in [5.41, 5.74) is -1.94. The van der Waals surface area contributed by atoms with Crippen molar-refractivity contribution in [1.82, 2.24) is 4.98 Å². The van der Waals surface area contributed by atoms with Crippen LogP contribution in [0.4, 0.5) is 24.7 Å². The van der Waals surface area contributed by atoms with Gasteiger partial charge in [-0.3, -0.25) is 0 Å². The van der Waals surface area contributed by atoms with Gasteiger partial charge in [0.1, 0.15) is 11.9 Å². The third kappa shape index (κ3) is 3.81. The first-order valence-corrected chi connectivity index (χ1v) is 6.88. The Morgan fingerprint density at radius 3 is 2.54 bits per heavy atom. The Morgan fingerprint density at radius 1 is 1.33 bits per heavy atom. The summed E-state index contributed by atoms with van der Waals surface area (Å²) in [7, 11) is 0. The van der Waals surface area contributed by atoms with E-state index in [2.05, 4.69) is 15.0 Å². The van der Waals surface area contributed by atoms with Gasteiger partial charge in [-0.15, -0.1) is 0 Å². The summed E-state index contributed by atoms with van der Waals surface area (Å²) in [4.78, 5) is 15.2. The molecule has 24 heavy (non-hydrogen) atoms. The van der Waals surface area contributed by atoms with Crippen molar-refractivity contribution < 1.29 is 22.7 Å². The number of benzene rings is 1. The van der Waals surface area contributed by atoms with E-state index in [1.165, 1.54) is 6.92 Å². The number of anilines is 2. The minimum Gasteiger partial charge on any atom is -0.462 e. The van der Waals surface area contributed by atoms with Gasteiger partial charge in [0.15, 0.2) is 5.69 Å². The monoisotopic (exact) mass is 335 g/mol. The van der Waals surface area contributed by atoms with Crippen molar-refractivity contribution in [2.75, 3.05) is 11.9 Å². The van der Waals surface area contributed by atoms with E-state index in [0.29, 0.717) is 5.69 Å². The summed E-state index contributed by atoms with van der Waals surface area (Å²) in [5.74, 6) is -1.47. The number of hydrogen-bond donors (Lipinski definition) is 1. The second-order valence-electron chi connectivity index (χ2n) is 4.60. The topological polar surface area (TPSA) is 75.0 Å². The lowest BCUT2D eigenvalue weighted by molar-refractivity contribution is -0.141. The number of nitriles is 1. The number of rotatable bonds is 4. The minimum absolute atomic E-state index is 0.0952. The van der Waals surface area contributed by atoms with E-state index >= 15 is 0 Å². The molecular formula is C16H12F3N3O2. The van der Waals surface area contributed by atoms with Crippen molar-refractivity contribution in [3.8, 4) is 6.07 Å². The summed E-state index contributed by atoms with van der Waals surface area (Å²) in [6.45, 7) is 1.37. The largest absolute Gasteiger partial charge is 0.462 e. The molecule has 0 saturated carbocycles. The lowest BCUT2D eigenvalue weighted by Gasteiger charge is -2.15. The van der Waals surface area contributed by atoms with Crippen LogP contribution in [0.3, 0.4) is 0 Å². The number of pyridine rings is 1. The van der Waals surface area contributed by atoms with E-state index in [1.54, 1.807) is 36.4 Å². The Hall–Kier alpha value is -3.08. The molecule has 0 spiro atoms. The van der Waals surface area contributed by atoms with Gasteiger partial charge in [0.25, 0.3) is 0 Å². The number of carbonyl (C=O) groups is 1. The molecule has 0 bridgehead atoms. The molecule has 2 rings (SSSR count). The van der Waals surface area contributed by atoms with Gasteiger partial charge >= 0.3 is 12.1 Å². The van der Waals surface area contributed by atoms with Gasteiger partial charge in [-0.05, 0) is 25.1 Å². The number of alkyl halides is 3. The Morgan fingerprint density at radius 2 is 2.00 bits per heavy atom. The maximum Gasteiger partial charge on any atom is 0.434 e. The van der Waals surface area contributed by atoms with Gasteiger partial charge in [-0.25, -0.2) is 9.78 Å². The van der Waals surface area contributed by atoms with Crippen LogP contribution in [0, 0.1) is 11.3 Å². The zero-order valence-corrected chi connectivity index (χ0v) is 12.5. The second-order valence-corrected chi connectivity index (χ2v) is 4.60. The third-order valence-electron chi connectivity index (χ3n) is 2.94. The SMILES string of the molecule is CCOC(=O)c1cc(C#N)c(Nc2ccccc2)nc1C(F)(F)F. The minimum atomic E-state index is -4.87. The molecule has 1 N–H and O–H groups in total. The standard InChI is InChI=1S/C16H12F3N3O2/c1-2-24-15(23)12-8-10(9-20)14(22-13(12)16(17,18)19)21-11-6-4-3-5-7-11/h3-8H,2H2,1H3,(H,21,22). The molecule has 0 amide bonds. The number of aromatic nitrogens is 1. The summed E-state index contributed by atoms with van der Waals surface area (Å²) < 4.78 is 44.3. The molecule has 8 heteroatoms. The van der Waals surface area contributed by atoms with Gasteiger partial charge in [0.2, 0.25) is 0 Å². The fourth-order valence-corrected chi connectivity index (χ4v) is 1.93. The normalized spacial score (nSPS) is 10.8. The summed E-state index contributed by atoms with van der Waals surface area (Å²) in [5, 5.41) is 11.8. The number of para-hydroxylation sites is 1. The first-order chi connectivity index (χ1) is 11.4. The Kier molecular flexibility index (Phi) is 5.04. The zero-order valence-electron chi connectivity index (χ0n) is 12.5. The van der Waals surface area contributed by atoms with Crippen molar-refractivity contribution in [3.05, 3.63) is 53.2 Å². The highest BCUT2D eigenvalue weighted by atomic mass is 19.4. The van der Waals surface area contributed by atoms with Gasteiger partial charge < -0.3 is 10.1 Å². The maximum absolute atomic E-state index is 13.2. The first kappa shape index (κ1) is 17.3. The zero-order chi connectivity index (χ0) is 17.7. The molecule has 1 aromatic carbocycles. The quantitative estimate of drug-likeness (QED) is 0.858. The number of carbonyl (C=O) groups excluding carboxylic acids is 1. The van der Waals surface area contributed by atoms with Crippen molar-refractivity contribution in [2.45, 2.75) is 13.1 Å². The summed E-state index contributed by atoms with van der Waals surface area (Å²) in [6, 6.07) is 10.9. The van der Waals surface area contributed by atoms with Crippen LogP contribution in [0.15, 0.2) is 36.4 Å². The van der Waals surface area contributed by atoms with E-state index in [1.807, 2.05) is 0 Å². The van der Waals surface area contributed by atoms with Crippen LogP contribution in [0.25, 0.3) is 0 Å². The van der Waals surface area contributed by atoms with Crippen LogP contribution < -0.4 is 5.32 Å². The molecule has 0 aliphatic heterocycles. The molecule has 1 aromatic heterocycles. The van der Waals surface area contributed by atoms with E-state index < -0.39 is 23.4 Å². The molecule has 2 aromatic rings. The number of nitrogens with zero attached hydrogens (tertiary/aromatic N) is 2. The predicted molar refractivity (Wildman–Crippen MR) is 79.6 cm³/mol. The Balaban J connectivity index is 2.57. The average molecular weight is 335 g/mol. The van der Waals surface area contributed by atoms with Gasteiger partial charge in [0.05, 0.1) is 17.7 Å². The van der Waals surface area contributed by atoms with Crippen molar-refractivity contribution >= 4 is 17.5 Å². The molecule has 0 radical (unpaired) electrons. The van der Waals surface area contributed by atoms with Crippen molar-refractivity contribution in [1.29, 1.82) is 5.26 Å². The molecule has 1 heterocycles. The predicted octanol–water partition coefficient (Wildman–Crippen LogP) is 3.89. The number of hydrogen-bond acceptors (Lipinski definition) is 5. The molecular weight excluding hydrogens is 323 g/mol. The maximum atomic E-state index is 13.2. The highest BCUT2D eigenvalue weighted by molar-refractivity contribution is 5.92. The molecule has 0 aliphatic carbocycles. The molecule has 0 unspecified atom stereocenters. The average Bonchev–Trinajstić information content (AvgIpc) is 2.54. The number of nitrogens with one attached hydrogen (secondary N) is 1. The third-order valence-corrected chi connectivity index (χ3v) is 2.94. The molecule has 0 aliphatic rings. The molecule has 0 atom stereocenters. The van der Waals surface area contributed by atoms with Crippen LogP contribution in [0.1, 0.15) is 28.5 Å². The van der Waals surface area contributed by atoms with Crippen LogP contribution >= 0.6 is 0 Å². The highest BCUT2D eigenvalue weighted by Crippen LogP contribution is 2.33. The van der Waals surface area contributed by atoms with E-state index in [4.69, 9.17) is 5.26 Å². The Labute approximate surface area is 135 Å². The number of ether oxygens (including phenoxy) is 1. The van der Waals surface area contributed by atoms with Crippen LogP contribution in [0.5, 0.6) is 0 Å². The smallest absolute Gasteiger partial charge is 0.434 e. The molecule has 5 nitrogen and oxygen atoms in total. The number of halogens is 3. The van der Waals surface area contributed by atoms with E-state index in [0.717, 1.165) is 6.07 Å². The Bertz CT molecular complexity index is 784. The van der Waals surface area contributed by atoms with Crippen molar-refractivity contribution in [3.63, 3.8) is 0 Å². The van der Waals surface area contributed by atoms with Gasteiger partial charge in [-0.1, -0.05) is 18.2 Å². The van der Waals surface area contributed by atoms with Crippen LogP contribution in [-0.2, 0) is 10.9 Å². The van der Waals surface area contributed by atoms with E-state index in [9.17, 15) is 18.0 Å². The molecule has 124 valence electrons. The lowest BCUT2D eigenvalue weighted by Crippen LogP contribution is -2.19. The van der Waals surface area contributed by atoms with Gasteiger partial charge in [-0.2, -0.15) is 18.4 Å². The second kappa shape index (κ2) is 7.00. The van der Waals surface area contributed by atoms with E-state index in [-0.39, 0.29) is 18.0 Å². The first-order valence-electron chi connectivity index (χ1n) is 6.88. The summed E-state index contributed by atoms with van der Waals surface area (Å²) >= 11 is 0. The van der Waals surface area contributed by atoms with Crippen molar-refractivity contribution in [2.24, 2.45) is 0 Å². The lowest BCUT2D eigenvalue weighted by atomic mass is 10.1. The summed E-state index contributed by atoms with van der Waals surface area (Å²) in [6.07, 6.45) is -4.87. The molecule has 0 saturated heterocycles.